The molecule has 1 amide bonds. The van der Waals surface area contributed by atoms with Crippen molar-refractivity contribution in [2.45, 2.75) is 5.38 Å². The number of hydrogen-bond acceptors (Lipinski definition) is 2. The summed E-state index contributed by atoms with van der Waals surface area (Å²) in [7, 11) is 0. The zero-order chi connectivity index (χ0) is 15.0. The number of ether oxygens (including phenoxy) is 1. The SMILES string of the molecule is O=C1COc2ccc(C(Cl)c3cc(Br)ccc3I)cc2N1. The van der Waals surface area contributed by atoms with Crippen LogP contribution in [0.1, 0.15) is 16.5 Å². The van der Waals surface area contributed by atoms with Crippen molar-refractivity contribution in [2.75, 3.05) is 11.9 Å². The molecule has 1 aliphatic heterocycles. The molecule has 3 nitrogen and oxygen atoms in total. The Balaban J connectivity index is 1.98. The number of fused-ring (bicyclic) bond motifs is 1. The number of anilines is 1. The summed E-state index contributed by atoms with van der Waals surface area (Å²) in [6.45, 7) is 0.0557. The molecule has 2 aromatic rings. The molecule has 0 spiro atoms. The van der Waals surface area contributed by atoms with Crippen LogP contribution in [0.15, 0.2) is 40.9 Å². The van der Waals surface area contributed by atoms with Gasteiger partial charge >= 0.3 is 0 Å². The Morgan fingerprint density at radius 3 is 2.90 bits per heavy atom. The van der Waals surface area contributed by atoms with E-state index < -0.39 is 0 Å². The second kappa shape index (κ2) is 6.14. The molecule has 1 heterocycles. The first kappa shape index (κ1) is 15.1. The largest absolute Gasteiger partial charge is 0.482 e. The number of nitrogens with one attached hydrogen (secondary N) is 1. The molecule has 0 fully saturated rings. The Kier molecular flexibility index (Phi) is 4.42. The Hall–Kier alpha value is -0.790. The van der Waals surface area contributed by atoms with Crippen LogP contribution >= 0.6 is 50.1 Å². The van der Waals surface area contributed by atoms with E-state index >= 15 is 0 Å². The van der Waals surface area contributed by atoms with Crippen LogP contribution in [0.4, 0.5) is 5.69 Å². The number of halogens is 3. The van der Waals surface area contributed by atoms with Crippen molar-refractivity contribution in [3.8, 4) is 5.75 Å². The van der Waals surface area contributed by atoms with E-state index in [1.54, 1.807) is 0 Å². The predicted molar refractivity (Wildman–Crippen MR) is 95.1 cm³/mol. The maximum absolute atomic E-state index is 11.4. The van der Waals surface area contributed by atoms with Gasteiger partial charge in [-0.1, -0.05) is 22.0 Å². The molecule has 0 aliphatic carbocycles. The Morgan fingerprint density at radius 2 is 2.10 bits per heavy atom. The molecule has 0 aromatic heterocycles. The van der Waals surface area contributed by atoms with Crippen LogP contribution in [0.3, 0.4) is 0 Å². The zero-order valence-corrected chi connectivity index (χ0v) is 15.2. The second-order valence-corrected chi connectivity index (χ2v) is 7.14. The van der Waals surface area contributed by atoms with Gasteiger partial charge in [0.05, 0.1) is 11.1 Å². The highest BCUT2D eigenvalue weighted by atomic mass is 127. The van der Waals surface area contributed by atoms with E-state index in [9.17, 15) is 4.79 Å². The number of rotatable bonds is 2. The number of amides is 1. The Bertz CT molecular complexity index is 723. The highest BCUT2D eigenvalue weighted by Crippen LogP contribution is 2.37. The standard InChI is InChI=1S/C15H10BrClINO2/c16-9-2-3-11(18)10(6-9)15(17)8-1-4-13-12(5-8)19-14(20)7-21-13/h1-6,15H,7H2,(H,19,20). The Labute approximate surface area is 149 Å². The lowest BCUT2D eigenvalue weighted by Crippen LogP contribution is -2.25. The minimum Gasteiger partial charge on any atom is -0.482 e. The lowest BCUT2D eigenvalue weighted by molar-refractivity contribution is -0.118. The van der Waals surface area contributed by atoms with Crippen LogP contribution in [0, 0.1) is 3.57 Å². The van der Waals surface area contributed by atoms with Crippen LogP contribution in [-0.4, -0.2) is 12.5 Å². The van der Waals surface area contributed by atoms with Gasteiger partial charge in [0.25, 0.3) is 5.91 Å². The lowest BCUT2D eigenvalue weighted by Gasteiger charge is -2.20. The van der Waals surface area contributed by atoms with Crippen molar-refractivity contribution >= 4 is 61.7 Å². The molecule has 1 aliphatic rings. The average Bonchev–Trinajstić information content (AvgIpc) is 2.48. The van der Waals surface area contributed by atoms with Gasteiger partial charge in [0.2, 0.25) is 0 Å². The van der Waals surface area contributed by atoms with E-state index in [1.807, 2.05) is 36.4 Å². The van der Waals surface area contributed by atoms with Gasteiger partial charge in [-0.3, -0.25) is 4.79 Å². The number of hydrogen-bond donors (Lipinski definition) is 1. The van der Waals surface area contributed by atoms with Crippen molar-refractivity contribution in [1.29, 1.82) is 0 Å². The number of carbonyl (C=O) groups excluding carboxylic acids is 1. The van der Waals surface area contributed by atoms with Gasteiger partial charge in [-0.05, 0) is 64.0 Å². The van der Waals surface area contributed by atoms with Crippen LogP contribution in [-0.2, 0) is 4.79 Å². The molecule has 1 atom stereocenters. The highest BCUT2D eigenvalue weighted by molar-refractivity contribution is 14.1. The number of carbonyl (C=O) groups is 1. The molecule has 3 rings (SSSR count). The van der Waals surface area contributed by atoms with Gasteiger partial charge in [-0.15, -0.1) is 11.6 Å². The fourth-order valence-electron chi connectivity index (χ4n) is 2.15. The molecule has 0 saturated heterocycles. The van der Waals surface area contributed by atoms with E-state index in [0.717, 1.165) is 19.2 Å². The van der Waals surface area contributed by atoms with E-state index in [4.69, 9.17) is 16.3 Å². The molecular formula is C15H10BrClINO2. The van der Waals surface area contributed by atoms with Crippen molar-refractivity contribution < 1.29 is 9.53 Å². The molecule has 21 heavy (non-hydrogen) atoms. The number of alkyl halides is 1. The predicted octanol–water partition coefficient (Wildman–Crippen LogP) is 4.71. The maximum atomic E-state index is 11.4. The molecule has 1 N–H and O–H groups in total. The van der Waals surface area contributed by atoms with Crippen LogP contribution in [0.2, 0.25) is 0 Å². The second-order valence-electron chi connectivity index (χ2n) is 4.62. The lowest BCUT2D eigenvalue weighted by atomic mass is 10.0. The molecule has 108 valence electrons. The molecule has 0 radical (unpaired) electrons. The summed E-state index contributed by atoms with van der Waals surface area (Å²) in [5.41, 5.74) is 2.60. The quantitative estimate of drug-likeness (QED) is 0.502. The molecular weight excluding hydrogens is 468 g/mol. The van der Waals surface area contributed by atoms with Crippen LogP contribution in [0.5, 0.6) is 5.75 Å². The summed E-state index contributed by atoms with van der Waals surface area (Å²) < 4.78 is 7.43. The molecule has 2 aromatic carbocycles. The topological polar surface area (TPSA) is 38.3 Å². The van der Waals surface area contributed by atoms with Crippen LogP contribution in [0.25, 0.3) is 0 Å². The first-order valence-corrected chi connectivity index (χ1v) is 8.51. The van der Waals surface area contributed by atoms with Gasteiger partial charge in [0, 0.05) is 8.04 Å². The average molecular weight is 479 g/mol. The fraction of sp³-hybridized carbons (Fsp3) is 0.133. The number of benzene rings is 2. The minimum absolute atomic E-state index is 0.0557. The van der Waals surface area contributed by atoms with Gasteiger partial charge in [0.1, 0.15) is 5.75 Å². The monoisotopic (exact) mass is 477 g/mol. The Morgan fingerprint density at radius 1 is 1.29 bits per heavy atom. The normalized spacial score (nSPS) is 14.9. The minimum atomic E-state index is -0.293. The maximum Gasteiger partial charge on any atom is 0.262 e. The summed E-state index contributed by atoms with van der Waals surface area (Å²) in [4.78, 5) is 11.4. The molecule has 0 saturated carbocycles. The van der Waals surface area contributed by atoms with Gasteiger partial charge in [-0.25, -0.2) is 0 Å². The van der Waals surface area contributed by atoms with Crippen LogP contribution < -0.4 is 10.1 Å². The third-order valence-electron chi connectivity index (χ3n) is 3.16. The first-order chi connectivity index (χ1) is 10.0. The fourth-order valence-corrected chi connectivity index (χ4v) is 3.67. The third kappa shape index (κ3) is 3.19. The van der Waals surface area contributed by atoms with E-state index in [-0.39, 0.29) is 17.9 Å². The van der Waals surface area contributed by atoms with E-state index in [1.165, 1.54) is 0 Å². The zero-order valence-electron chi connectivity index (χ0n) is 10.7. The smallest absolute Gasteiger partial charge is 0.262 e. The summed E-state index contributed by atoms with van der Waals surface area (Å²) >= 11 is 12.3. The molecule has 1 unspecified atom stereocenters. The van der Waals surface area contributed by atoms with Gasteiger partial charge in [0.15, 0.2) is 6.61 Å². The van der Waals surface area contributed by atoms with Crippen molar-refractivity contribution in [3.05, 3.63) is 55.6 Å². The third-order valence-corrected chi connectivity index (χ3v) is 5.12. The molecule has 0 bridgehead atoms. The van der Waals surface area contributed by atoms with Crippen molar-refractivity contribution in [3.63, 3.8) is 0 Å². The summed E-state index contributed by atoms with van der Waals surface area (Å²) in [6, 6.07) is 11.6. The molecule has 6 heteroatoms. The summed E-state index contributed by atoms with van der Waals surface area (Å²) in [6.07, 6.45) is 0. The van der Waals surface area contributed by atoms with Gasteiger partial charge in [-0.2, -0.15) is 0 Å². The summed E-state index contributed by atoms with van der Waals surface area (Å²) in [5, 5.41) is 2.51. The van der Waals surface area contributed by atoms with Crippen molar-refractivity contribution in [2.24, 2.45) is 0 Å². The first-order valence-electron chi connectivity index (χ1n) is 6.20. The highest BCUT2D eigenvalue weighted by Gasteiger charge is 2.20. The van der Waals surface area contributed by atoms with Crippen molar-refractivity contribution in [1.82, 2.24) is 0 Å². The summed E-state index contributed by atoms with van der Waals surface area (Å²) in [5.74, 6) is 0.522. The van der Waals surface area contributed by atoms with E-state index in [2.05, 4.69) is 43.8 Å². The van der Waals surface area contributed by atoms with Gasteiger partial charge < -0.3 is 10.1 Å². The van der Waals surface area contributed by atoms with E-state index in [0.29, 0.717) is 11.4 Å².